The average Bonchev–Trinajstić information content (AvgIpc) is 3.38. The van der Waals surface area contributed by atoms with Crippen LogP contribution in [-0.2, 0) is 17.8 Å². The van der Waals surface area contributed by atoms with E-state index in [0.717, 1.165) is 50.5 Å². The Bertz CT molecular complexity index is 766. The third-order valence-corrected chi connectivity index (χ3v) is 5.36. The first-order valence-corrected chi connectivity index (χ1v) is 9.56. The summed E-state index contributed by atoms with van der Waals surface area (Å²) in [6.07, 6.45) is 6.42. The molecule has 0 bridgehead atoms. The summed E-state index contributed by atoms with van der Waals surface area (Å²) in [5.74, 6) is 0. The quantitative estimate of drug-likeness (QED) is 0.703. The monoisotopic (exact) mass is 354 g/mol. The first-order valence-electron chi connectivity index (χ1n) is 8.68. The molecule has 0 unspecified atom stereocenters. The zero-order valence-corrected chi connectivity index (χ0v) is 14.9. The molecule has 3 aromatic rings. The van der Waals surface area contributed by atoms with Crippen LogP contribution < -0.4 is 0 Å². The minimum atomic E-state index is 0.320. The van der Waals surface area contributed by atoms with Crippen LogP contribution in [0.4, 0.5) is 0 Å². The summed E-state index contributed by atoms with van der Waals surface area (Å²) in [7, 11) is 0. The van der Waals surface area contributed by atoms with E-state index in [4.69, 9.17) is 4.74 Å². The summed E-state index contributed by atoms with van der Waals surface area (Å²) in [6.45, 7) is 3.45. The molecule has 130 valence electrons. The lowest BCUT2D eigenvalue weighted by molar-refractivity contribution is 0.0675. The van der Waals surface area contributed by atoms with Gasteiger partial charge in [0.2, 0.25) is 0 Å². The van der Waals surface area contributed by atoms with Gasteiger partial charge < -0.3 is 4.74 Å². The van der Waals surface area contributed by atoms with E-state index in [2.05, 4.69) is 43.7 Å². The molecule has 0 radical (unpaired) electrons. The number of thiophene rings is 1. The number of H-pyrrole nitrogens is 1. The number of hydrogen-bond donors (Lipinski definition) is 1. The van der Waals surface area contributed by atoms with Gasteiger partial charge in [-0.1, -0.05) is 12.1 Å². The van der Waals surface area contributed by atoms with Gasteiger partial charge in [-0.3, -0.25) is 15.0 Å². The maximum Gasteiger partial charge on any atom is 0.0794 e. The highest BCUT2D eigenvalue weighted by Crippen LogP contribution is 2.27. The Morgan fingerprint density at radius 3 is 3.00 bits per heavy atom. The summed E-state index contributed by atoms with van der Waals surface area (Å²) >= 11 is 1.73. The molecule has 1 atom stereocenters. The molecule has 6 heteroatoms. The zero-order valence-electron chi connectivity index (χ0n) is 14.1. The predicted octanol–water partition coefficient (Wildman–Crippen LogP) is 3.71. The van der Waals surface area contributed by atoms with Gasteiger partial charge in [-0.05, 0) is 36.4 Å². The van der Waals surface area contributed by atoms with Crippen LogP contribution in [0.2, 0.25) is 0 Å². The molecule has 4 heterocycles. The Morgan fingerprint density at radius 1 is 1.24 bits per heavy atom. The Hall–Kier alpha value is -2.02. The largest absolute Gasteiger partial charge is 0.377 e. The van der Waals surface area contributed by atoms with Crippen LogP contribution in [-0.4, -0.2) is 39.3 Å². The van der Waals surface area contributed by atoms with Gasteiger partial charge >= 0.3 is 0 Å². The van der Waals surface area contributed by atoms with Crippen LogP contribution in [0.15, 0.2) is 48.1 Å². The lowest BCUT2D eigenvalue weighted by atomic mass is 10.1. The number of aromatic nitrogens is 3. The standard InChI is InChI=1S/C19H22N4OS/c1-2-8-20-16(5-1)13-23(14-17-6-3-9-24-17)12-15-11-21-22-19(15)18-7-4-10-25-18/h1-2,4-5,7-8,10-11,17H,3,6,9,12-14H2,(H,21,22)/t17-/m0/s1. The molecule has 1 aliphatic rings. The third-order valence-electron chi connectivity index (χ3n) is 4.48. The topological polar surface area (TPSA) is 54.0 Å². The number of pyridine rings is 1. The van der Waals surface area contributed by atoms with Crippen molar-refractivity contribution in [3.8, 4) is 10.6 Å². The smallest absolute Gasteiger partial charge is 0.0794 e. The van der Waals surface area contributed by atoms with Crippen LogP contribution in [0.3, 0.4) is 0 Å². The maximum atomic E-state index is 5.86. The van der Waals surface area contributed by atoms with E-state index < -0.39 is 0 Å². The molecule has 0 saturated carbocycles. The molecule has 3 aromatic heterocycles. The Kier molecular flexibility index (Phi) is 5.20. The highest BCUT2D eigenvalue weighted by molar-refractivity contribution is 7.13. The number of nitrogens with one attached hydrogen (secondary N) is 1. The van der Waals surface area contributed by atoms with Crippen molar-refractivity contribution in [2.45, 2.75) is 32.0 Å². The van der Waals surface area contributed by atoms with Gasteiger partial charge in [0, 0.05) is 38.0 Å². The molecular formula is C19H22N4OS. The minimum absolute atomic E-state index is 0.320. The van der Waals surface area contributed by atoms with Crippen LogP contribution in [0.25, 0.3) is 10.6 Å². The second kappa shape index (κ2) is 7.91. The van der Waals surface area contributed by atoms with Crippen molar-refractivity contribution < 1.29 is 4.74 Å². The van der Waals surface area contributed by atoms with Crippen LogP contribution >= 0.6 is 11.3 Å². The molecule has 0 aromatic carbocycles. The van der Waals surface area contributed by atoms with Crippen molar-refractivity contribution >= 4 is 11.3 Å². The molecular weight excluding hydrogens is 332 g/mol. The second-order valence-electron chi connectivity index (χ2n) is 6.37. The average molecular weight is 354 g/mol. The summed E-state index contributed by atoms with van der Waals surface area (Å²) in [5.41, 5.74) is 3.42. The molecule has 1 N–H and O–H groups in total. The predicted molar refractivity (Wildman–Crippen MR) is 99.2 cm³/mol. The molecule has 1 saturated heterocycles. The SMILES string of the molecule is c1ccc(CN(Cc2cn[nH]c2-c2cccs2)C[C@@H]2CCCO2)nc1. The van der Waals surface area contributed by atoms with Crippen molar-refractivity contribution in [3.05, 3.63) is 59.4 Å². The normalized spacial score (nSPS) is 17.4. The van der Waals surface area contributed by atoms with E-state index in [1.165, 1.54) is 10.4 Å². The maximum absolute atomic E-state index is 5.86. The Labute approximate surface area is 151 Å². The van der Waals surface area contributed by atoms with Crippen molar-refractivity contribution in [1.29, 1.82) is 0 Å². The van der Waals surface area contributed by atoms with E-state index >= 15 is 0 Å². The molecule has 0 amide bonds. The minimum Gasteiger partial charge on any atom is -0.377 e. The fraction of sp³-hybridized carbons (Fsp3) is 0.368. The summed E-state index contributed by atoms with van der Waals surface area (Å²) in [5, 5.41) is 9.53. The summed E-state index contributed by atoms with van der Waals surface area (Å²) in [4.78, 5) is 8.13. The molecule has 5 nitrogen and oxygen atoms in total. The fourth-order valence-electron chi connectivity index (χ4n) is 3.29. The highest BCUT2D eigenvalue weighted by atomic mass is 32.1. The first-order chi connectivity index (χ1) is 12.4. The van der Waals surface area contributed by atoms with Gasteiger partial charge in [0.1, 0.15) is 0 Å². The van der Waals surface area contributed by atoms with Crippen molar-refractivity contribution in [2.24, 2.45) is 0 Å². The van der Waals surface area contributed by atoms with Gasteiger partial charge in [0.05, 0.1) is 28.6 Å². The molecule has 0 spiro atoms. The van der Waals surface area contributed by atoms with E-state index in [9.17, 15) is 0 Å². The van der Waals surface area contributed by atoms with Crippen molar-refractivity contribution in [3.63, 3.8) is 0 Å². The molecule has 0 aliphatic carbocycles. The summed E-state index contributed by atoms with van der Waals surface area (Å²) in [6, 6.07) is 10.3. The van der Waals surface area contributed by atoms with Crippen LogP contribution in [0, 0.1) is 0 Å². The van der Waals surface area contributed by atoms with Crippen molar-refractivity contribution in [1.82, 2.24) is 20.1 Å². The number of rotatable bonds is 7. The summed E-state index contributed by atoms with van der Waals surface area (Å²) < 4.78 is 5.86. The first kappa shape index (κ1) is 16.4. The molecule has 4 rings (SSSR count). The lowest BCUT2D eigenvalue weighted by Crippen LogP contribution is -2.31. The molecule has 25 heavy (non-hydrogen) atoms. The Morgan fingerprint density at radius 2 is 2.24 bits per heavy atom. The van der Waals surface area contributed by atoms with Crippen molar-refractivity contribution in [2.75, 3.05) is 13.2 Å². The van der Waals surface area contributed by atoms with E-state index in [0.29, 0.717) is 6.10 Å². The fourth-order valence-corrected chi connectivity index (χ4v) is 4.04. The van der Waals surface area contributed by atoms with Gasteiger partial charge in [-0.2, -0.15) is 5.10 Å². The van der Waals surface area contributed by atoms with Gasteiger partial charge in [-0.25, -0.2) is 0 Å². The molecule has 1 aliphatic heterocycles. The highest BCUT2D eigenvalue weighted by Gasteiger charge is 2.21. The number of hydrogen-bond acceptors (Lipinski definition) is 5. The second-order valence-corrected chi connectivity index (χ2v) is 7.32. The number of aromatic amines is 1. The van der Waals surface area contributed by atoms with E-state index in [1.54, 1.807) is 11.3 Å². The van der Waals surface area contributed by atoms with Crippen LogP contribution in [0.1, 0.15) is 24.1 Å². The Balaban J connectivity index is 1.52. The van der Waals surface area contributed by atoms with Crippen LogP contribution in [0.5, 0.6) is 0 Å². The lowest BCUT2D eigenvalue weighted by Gasteiger charge is -2.24. The van der Waals surface area contributed by atoms with Gasteiger partial charge in [-0.15, -0.1) is 11.3 Å². The zero-order chi connectivity index (χ0) is 16.9. The number of ether oxygens (including phenoxy) is 1. The van der Waals surface area contributed by atoms with E-state index in [-0.39, 0.29) is 0 Å². The third kappa shape index (κ3) is 4.15. The van der Waals surface area contributed by atoms with Gasteiger partial charge in [0.25, 0.3) is 0 Å². The molecule has 1 fully saturated rings. The van der Waals surface area contributed by atoms with Gasteiger partial charge in [0.15, 0.2) is 0 Å². The number of nitrogens with zero attached hydrogens (tertiary/aromatic N) is 3. The van der Waals surface area contributed by atoms with E-state index in [1.807, 2.05) is 24.5 Å².